The van der Waals surface area contributed by atoms with Gasteiger partial charge in [-0.1, -0.05) is 53.4 Å². The molecular weight excluding hydrogens is 276 g/mol. The molecule has 1 fully saturated rings. The second-order valence-corrected chi connectivity index (χ2v) is 8.52. The maximum atomic E-state index is 12.6. The minimum atomic E-state index is -0.624. The van der Waals surface area contributed by atoms with Gasteiger partial charge in [-0.05, 0) is 37.5 Å². The lowest BCUT2D eigenvalue weighted by molar-refractivity contribution is -0.169. The number of cyclic esters (lactones) is 1. The van der Waals surface area contributed by atoms with Crippen LogP contribution in [0.3, 0.4) is 0 Å². The van der Waals surface area contributed by atoms with Gasteiger partial charge in [0.15, 0.2) is 5.78 Å². The first-order chi connectivity index (χ1) is 10.0. The average molecular weight is 310 g/mol. The summed E-state index contributed by atoms with van der Waals surface area (Å²) < 4.78 is 5.35. The molecule has 3 heteroatoms. The van der Waals surface area contributed by atoms with Gasteiger partial charge in [-0.2, -0.15) is 0 Å². The van der Waals surface area contributed by atoms with E-state index in [1.807, 2.05) is 13.8 Å². The van der Waals surface area contributed by atoms with Crippen molar-refractivity contribution in [3.05, 3.63) is 0 Å². The van der Waals surface area contributed by atoms with Gasteiger partial charge in [0.2, 0.25) is 0 Å². The summed E-state index contributed by atoms with van der Waals surface area (Å²) in [5.41, 5.74) is -0.811. The second-order valence-electron chi connectivity index (χ2n) is 8.52. The fraction of sp³-hybridized carbons (Fsp3) is 0.895. The van der Waals surface area contributed by atoms with Crippen LogP contribution in [0.1, 0.15) is 86.5 Å². The van der Waals surface area contributed by atoms with E-state index < -0.39 is 5.41 Å². The zero-order valence-corrected chi connectivity index (χ0v) is 15.4. The first-order valence-corrected chi connectivity index (χ1v) is 8.71. The van der Waals surface area contributed by atoms with Crippen LogP contribution in [-0.4, -0.2) is 18.4 Å². The third-order valence-corrected chi connectivity index (χ3v) is 6.39. The molecule has 0 spiro atoms. The minimum Gasteiger partial charge on any atom is -0.457 e. The van der Waals surface area contributed by atoms with E-state index in [2.05, 4.69) is 27.7 Å². The van der Waals surface area contributed by atoms with Crippen molar-refractivity contribution in [2.24, 2.45) is 16.2 Å². The van der Waals surface area contributed by atoms with Crippen LogP contribution in [0.5, 0.6) is 0 Å². The van der Waals surface area contributed by atoms with Gasteiger partial charge in [-0.15, -0.1) is 0 Å². The highest BCUT2D eigenvalue weighted by Crippen LogP contribution is 2.54. The second kappa shape index (κ2) is 7.14. The van der Waals surface area contributed by atoms with E-state index in [1.165, 1.54) is 19.3 Å². The van der Waals surface area contributed by atoms with Gasteiger partial charge in [0.25, 0.3) is 0 Å². The van der Waals surface area contributed by atoms with Crippen LogP contribution < -0.4 is 0 Å². The Morgan fingerprint density at radius 1 is 0.818 bits per heavy atom. The fourth-order valence-corrected chi connectivity index (χ4v) is 3.23. The number of carbonyl (C=O) groups is 2. The highest BCUT2D eigenvalue weighted by molar-refractivity contribution is 5.84. The summed E-state index contributed by atoms with van der Waals surface area (Å²) in [6, 6.07) is 0. The Balaban J connectivity index is 2.98. The van der Waals surface area contributed by atoms with Crippen molar-refractivity contribution >= 4 is 11.8 Å². The first-order valence-electron chi connectivity index (χ1n) is 8.71. The molecular formula is C19H34O3. The van der Waals surface area contributed by atoms with E-state index in [1.54, 1.807) is 0 Å². The predicted molar refractivity (Wildman–Crippen MR) is 89.6 cm³/mol. The number of hydrogen-bond acceptors (Lipinski definition) is 3. The summed E-state index contributed by atoms with van der Waals surface area (Å²) in [6.45, 7) is 12.6. The van der Waals surface area contributed by atoms with Crippen molar-refractivity contribution in [2.75, 3.05) is 6.61 Å². The molecule has 0 aliphatic carbocycles. The summed E-state index contributed by atoms with van der Waals surface area (Å²) in [6.07, 6.45) is 7.21. The van der Waals surface area contributed by atoms with Gasteiger partial charge in [0.1, 0.15) is 6.61 Å². The molecule has 128 valence electrons. The SMILES string of the molecule is CC1(C)CCCCCCCC(=O)COC(=O)C(C)(C)C1(C)C. The molecule has 0 aromatic carbocycles. The van der Waals surface area contributed by atoms with Crippen LogP contribution in [0.15, 0.2) is 0 Å². The smallest absolute Gasteiger partial charge is 0.312 e. The zero-order chi connectivity index (χ0) is 17.0. The molecule has 0 N–H and O–H groups in total. The van der Waals surface area contributed by atoms with Gasteiger partial charge < -0.3 is 4.74 Å². The largest absolute Gasteiger partial charge is 0.457 e. The Hall–Kier alpha value is -0.860. The van der Waals surface area contributed by atoms with Crippen molar-refractivity contribution in [1.82, 2.24) is 0 Å². The van der Waals surface area contributed by atoms with E-state index >= 15 is 0 Å². The lowest BCUT2D eigenvalue weighted by atomic mass is 9.53. The normalized spacial score (nSPS) is 26.8. The molecule has 0 unspecified atom stereocenters. The summed E-state index contributed by atoms with van der Waals surface area (Å²) in [5, 5.41) is 0. The lowest BCUT2D eigenvalue weighted by Crippen LogP contribution is -2.49. The van der Waals surface area contributed by atoms with E-state index in [-0.39, 0.29) is 29.2 Å². The third-order valence-electron chi connectivity index (χ3n) is 6.39. The molecule has 1 saturated heterocycles. The van der Waals surface area contributed by atoms with E-state index in [9.17, 15) is 9.59 Å². The Bertz CT molecular complexity index is 405. The molecule has 3 nitrogen and oxygen atoms in total. The Labute approximate surface area is 136 Å². The molecule has 1 heterocycles. The summed E-state index contributed by atoms with van der Waals surface area (Å²) in [4.78, 5) is 24.4. The fourth-order valence-electron chi connectivity index (χ4n) is 3.23. The number of rotatable bonds is 0. The molecule has 0 amide bonds. The number of carbonyl (C=O) groups excluding carboxylic acids is 2. The Kier molecular flexibility index (Phi) is 6.23. The lowest BCUT2D eigenvalue weighted by Gasteiger charge is -2.50. The molecule has 0 radical (unpaired) electrons. The molecule has 1 aliphatic rings. The molecule has 0 bridgehead atoms. The topological polar surface area (TPSA) is 43.4 Å². The molecule has 1 aliphatic heterocycles. The van der Waals surface area contributed by atoms with Gasteiger partial charge >= 0.3 is 5.97 Å². The maximum absolute atomic E-state index is 12.6. The quantitative estimate of drug-likeness (QED) is 0.596. The highest BCUT2D eigenvalue weighted by atomic mass is 16.5. The molecule has 1 rings (SSSR count). The Morgan fingerprint density at radius 3 is 2.00 bits per heavy atom. The molecule has 0 aromatic heterocycles. The molecule has 0 aromatic rings. The maximum Gasteiger partial charge on any atom is 0.312 e. The number of hydrogen-bond donors (Lipinski definition) is 0. The zero-order valence-electron chi connectivity index (χ0n) is 15.4. The summed E-state index contributed by atoms with van der Waals surface area (Å²) >= 11 is 0. The first kappa shape index (κ1) is 19.2. The molecule has 22 heavy (non-hydrogen) atoms. The van der Waals surface area contributed by atoms with Crippen molar-refractivity contribution in [1.29, 1.82) is 0 Å². The van der Waals surface area contributed by atoms with Crippen molar-refractivity contribution < 1.29 is 14.3 Å². The average Bonchev–Trinajstić information content (AvgIpc) is 2.42. The van der Waals surface area contributed by atoms with Crippen molar-refractivity contribution in [3.8, 4) is 0 Å². The number of esters is 1. The van der Waals surface area contributed by atoms with E-state index in [0.29, 0.717) is 6.42 Å². The number of ether oxygens (including phenoxy) is 1. The monoisotopic (exact) mass is 310 g/mol. The van der Waals surface area contributed by atoms with Crippen LogP contribution in [0, 0.1) is 16.2 Å². The van der Waals surface area contributed by atoms with Gasteiger partial charge in [0.05, 0.1) is 5.41 Å². The van der Waals surface area contributed by atoms with Crippen molar-refractivity contribution in [3.63, 3.8) is 0 Å². The van der Waals surface area contributed by atoms with Crippen LogP contribution in [0.2, 0.25) is 0 Å². The van der Waals surface area contributed by atoms with Gasteiger partial charge in [0, 0.05) is 6.42 Å². The molecule has 0 atom stereocenters. The minimum absolute atomic E-state index is 0.0314. The summed E-state index contributed by atoms with van der Waals surface area (Å²) in [5.74, 6) is -0.214. The number of Topliss-reactive ketones (excluding diaryl/α,β-unsaturated/α-hetero) is 1. The highest BCUT2D eigenvalue weighted by Gasteiger charge is 2.52. The molecule has 0 saturated carbocycles. The van der Waals surface area contributed by atoms with E-state index in [0.717, 1.165) is 19.3 Å². The van der Waals surface area contributed by atoms with Crippen LogP contribution in [-0.2, 0) is 14.3 Å². The van der Waals surface area contributed by atoms with Gasteiger partial charge in [-0.25, -0.2) is 0 Å². The van der Waals surface area contributed by atoms with Crippen LogP contribution in [0.4, 0.5) is 0 Å². The third kappa shape index (κ3) is 4.11. The standard InChI is InChI=1S/C19H34O3/c1-17(2)13-11-9-7-8-10-12-15(20)14-22-16(21)18(3,4)19(17,5)6/h7-14H2,1-6H3. The van der Waals surface area contributed by atoms with Crippen molar-refractivity contribution in [2.45, 2.75) is 86.5 Å². The predicted octanol–water partition coefficient (Wildman–Crippen LogP) is 4.92. The van der Waals surface area contributed by atoms with Gasteiger partial charge in [-0.3, -0.25) is 9.59 Å². The van der Waals surface area contributed by atoms with E-state index in [4.69, 9.17) is 4.74 Å². The van der Waals surface area contributed by atoms with Crippen LogP contribution >= 0.6 is 0 Å². The number of ketones is 1. The van der Waals surface area contributed by atoms with Crippen LogP contribution in [0.25, 0.3) is 0 Å². The Morgan fingerprint density at radius 2 is 1.36 bits per heavy atom. The summed E-state index contributed by atoms with van der Waals surface area (Å²) in [7, 11) is 0.